The number of hydrogen-bond acceptors (Lipinski definition) is 5. The molecule has 0 radical (unpaired) electrons. The first-order chi connectivity index (χ1) is 14.1. The minimum absolute atomic E-state index is 0.0316. The van der Waals surface area contributed by atoms with Crippen LogP contribution in [0, 0.1) is 5.92 Å². The van der Waals surface area contributed by atoms with E-state index >= 15 is 0 Å². The number of thiophene rings is 1. The lowest BCUT2D eigenvalue weighted by Crippen LogP contribution is -2.46. The fourth-order valence-corrected chi connectivity index (χ4v) is 4.46. The molecule has 1 aromatic carbocycles. The number of imide groups is 1. The van der Waals surface area contributed by atoms with E-state index in [-0.39, 0.29) is 23.8 Å². The molecule has 0 spiro atoms. The van der Waals surface area contributed by atoms with Crippen molar-refractivity contribution in [1.29, 1.82) is 0 Å². The van der Waals surface area contributed by atoms with Gasteiger partial charge in [0.1, 0.15) is 5.82 Å². The SMILES string of the molecule is CC(C)[C@H](N=CC1C(=O)N(c2ccccn2)C(=O)c2ccccc21)c1cccs1. The Bertz CT molecular complexity index is 1050. The summed E-state index contributed by atoms with van der Waals surface area (Å²) < 4.78 is 0. The highest BCUT2D eigenvalue weighted by Crippen LogP contribution is 2.33. The molecule has 6 heteroatoms. The molecule has 0 aliphatic carbocycles. The van der Waals surface area contributed by atoms with Crippen molar-refractivity contribution in [2.75, 3.05) is 4.90 Å². The average molecular weight is 404 g/mol. The molecule has 0 saturated carbocycles. The molecule has 1 unspecified atom stereocenters. The maximum Gasteiger partial charge on any atom is 0.266 e. The molecule has 1 aliphatic rings. The number of hydrogen-bond donors (Lipinski definition) is 0. The second-order valence-corrected chi connectivity index (χ2v) is 8.21. The zero-order valence-corrected chi connectivity index (χ0v) is 17.0. The van der Waals surface area contributed by atoms with E-state index in [1.807, 2.05) is 23.6 Å². The van der Waals surface area contributed by atoms with Gasteiger partial charge in [0, 0.05) is 22.9 Å². The van der Waals surface area contributed by atoms with Crippen molar-refractivity contribution in [3.63, 3.8) is 0 Å². The summed E-state index contributed by atoms with van der Waals surface area (Å²) in [6.07, 6.45) is 3.28. The van der Waals surface area contributed by atoms with Gasteiger partial charge < -0.3 is 0 Å². The first-order valence-electron chi connectivity index (χ1n) is 9.53. The van der Waals surface area contributed by atoms with E-state index in [2.05, 4.69) is 24.9 Å². The second-order valence-electron chi connectivity index (χ2n) is 7.23. The van der Waals surface area contributed by atoms with E-state index in [9.17, 15) is 9.59 Å². The van der Waals surface area contributed by atoms with Crippen LogP contribution in [0.15, 0.2) is 71.2 Å². The van der Waals surface area contributed by atoms with Gasteiger partial charge in [-0.05, 0) is 41.1 Å². The third-order valence-electron chi connectivity index (χ3n) is 4.96. The van der Waals surface area contributed by atoms with Crippen molar-refractivity contribution in [1.82, 2.24) is 4.98 Å². The van der Waals surface area contributed by atoms with Gasteiger partial charge in [0.15, 0.2) is 0 Å². The Hall–Kier alpha value is -3.12. The lowest BCUT2D eigenvalue weighted by atomic mass is 9.89. The number of pyridine rings is 1. The van der Waals surface area contributed by atoms with Gasteiger partial charge in [0.2, 0.25) is 5.91 Å². The maximum absolute atomic E-state index is 13.3. The van der Waals surface area contributed by atoms with Crippen LogP contribution in [0.25, 0.3) is 0 Å². The minimum atomic E-state index is -0.632. The highest BCUT2D eigenvalue weighted by atomic mass is 32.1. The lowest BCUT2D eigenvalue weighted by Gasteiger charge is -2.30. The van der Waals surface area contributed by atoms with E-state index < -0.39 is 5.92 Å². The summed E-state index contributed by atoms with van der Waals surface area (Å²) >= 11 is 1.66. The standard InChI is InChI=1S/C23H21N3O2S/c1-15(2)21(19-10-7-13-29-19)25-14-18-16-8-3-4-9-17(16)22(27)26(23(18)28)20-11-5-6-12-24-20/h3-15,18,21H,1-2H3/t18?,21-/m0/s1. The summed E-state index contributed by atoms with van der Waals surface area (Å²) in [5.74, 6) is -0.703. The first-order valence-corrected chi connectivity index (χ1v) is 10.4. The van der Waals surface area contributed by atoms with Gasteiger partial charge in [-0.1, -0.05) is 44.2 Å². The van der Waals surface area contributed by atoms with Crippen molar-refractivity contribution >= 4 is 35.2 Å². The largest absolute Gasteiger partial charge is 0.287 e. The first kappa shape index (κ1) is 19.2. The third kappa shape index (κ3) is 3.63. The smallest absolute Gasteiger partial charge is 0.266 e. The number of anilines is 1. The van der Waals surface area contributed by atoms with E-state index in [1.54, 1.807) is 54.1 Å². The highest BCUT2D eigenvalue weighted by Gasteiger charge is 2.39. The van der Waals surface area contributed by atoms with Crippen LogP contribution in [0.3, 0.4) is 0 Å². The number of carbonyl (C=O) groups excluding carboxylic acids is 2. The number of fused-ring (bicyclic) bond motifs is 1. The molecule has 0 N–H and O–H groups in total. The lowest BCUT2D eigenvalue weighted by molar-refractivity contribution is -0.118. The normalized spacial score (nSPS) is 17.8. The van der Waals surface area contributed by atoms with Gasteiger partial charge in [-0.15, -0.1) is 11.3 Å². The van der Waals surface area contributed by atoms with Crippen molar-refractivity contribution in [2.45, 2.75) is 25.8 Å². The molecule has 0 fully saturated rings. The summed E-state index contributed by atoms with van der Waals surface area (Å²) in [5.41, 5.74) is 1.19. The fraction of sp³-hybridized carbons (Fsp3) is 0.217. The van der Waals surface area contributed by atoms with Crippen molar-refractivity contribution in [3.8, 4) is 0 Å². The molecule has 0 saturated heterocycles. The topological polar surface area (TPSA) is 62.6 Å². The molecule has 2 aromatic heterocycles. The number of amides is 2. The van der Waals surface area contributed by atoms with Crippen LogP contribution in [0.1, 0.15) is 46.6 Å². The van der Waals surface area contributed by atoms with Crippen LogP contribution in [0.5, 0.6) is 0 Å². The Morgan fingerprint density at radius 1 is 1.07 bits per heavy atom. The fourth-order valence-electron chi connectivity index (χ4n) is 3.52. The number of rotatable bonds is 5. The molecule has 2 atom stereocenters. The van der Waals surface area contributed by atoms with Gasteiger partial charge in [0.25, 0.3) is 5.91 Å². The predicted octanol–water partition coefficient (Wildman–Crippen LogP) is 4.88. The van der Waals surface area contributed by atoms with E-state index in [1.165, 1.54) is 0 Å². The van der Waals surface area contributed by atoms with Crippen LogP contribution in [0.2, 0.25) is 0 Å². The zero-order valence-electron chi connectivity index (χ0n) is 16.2. The zero-order chi connectivity index (χ0) is 20.4. The van der Waals surface area contributed by atoms with Crippen LogP contribution in [-0.4, -0.2) is 23.0 Å². The van der Waals surface area contributed by atoms with E-state index in [0.717, 1.165) is 9.78 Å². The Morgan fingerprint density at radius 2 is 1.86 bits per heavy atom. The minimum Gasteiger partial charge on any atom is -0.287 e. The van der Waals surface area contributed by atoms with Crippen LogP contribution in [-0.2, 0) is 4.79 Å². The average Bonchev–Trinajstić information content (AvgIpc) is 3.25. The van der Waals surface area contributed by atoms with Crippen LogP contribution >= 0.6 is 11.3 Å². The van der Waals surface area contributed by atoms with Gasteiger partial charge in [-0.25, -0.2) is 9.88 Å². The van der Waals surface area contributed by atoms with Crippen molar-refractivity contribution in [2.24, 2.45) is 10.9 Å². The van der Waals surface area contributed by atoms with Gasteiger partial charge in [-0.3, -0.25) is 14.6 Å². The second kappa shape index (κ2) is 8.09. The summed E-state index contributed by atoms with van der Waals surface area (Å²) in [7, 11) is 0. The van der Waals surface area contributed by atoms with Gasteiger partial charge in [0.05, 0.1) is 12.0 Å². The molecule has 1 aliphatic heterocycles. The molecule has 146 valence electrons. The number of aliphatic imine (C=N–C) groups is 1. The molecule has 0 bridgehead atoms. The Balaban J connectivity index is 1.76. The molecule has 2 amide bonds. The highest BCUT2D eigenvalue weighted by molar-refractivity contribution is 7.10. The molecule has 3 heterocycles. The summed E-state index contributed by atoms with van der Waals surface area (Å²) in [6.45, 7) is 4.23. The van der Waals surface area contributed by atoms with Gasteiger partial charge in [-0.2, -0.15) is 0 Å². The van der Waals surface area contributed by atoms with Crippen LogP contribution in [0.4, 0.5) is 5.82 Å². The van der Waals surface area contributed by atoms with E-state index in [0.29, 0.717) is 16.9 Å². The molecule has 3 aromatic rings. The molecule has 5 nitrogen and oxygen atoms in total. The number of carbonyl (C=O) groups is 2. The van der Waals surface area contributed by atoms with E-state index in [4.69, 9.17) is 4.99 Å². The van der Waals surface area contributed by atoms with Crippen LogP contribution < -0.4 is 4.90 Å². The third-order valence-corrected chi connectivity index (χ3v) is 5.90. The maximum atomic E-state index is 13.3. The summed E-state index contributed by atoms with van der Waals surface area (Å²) in [5, 5.41) is 2.03. The predicted molar refractivity (Wildman–Crippen MR) is 116 cm³/mol. The molecular weight excluding hydrogens is 382 g/mol. The summed E-state index contributed by atoms with van der Waals surface area (Å²) in [6, 6.07) is 16.4. The van der Waals surface area contributed by atoms with Crippen molar-refractivity contribution < 1.29 is 9.59 Å². The molecule has 29 heavy (non-hydrogen) atoms. The van der Waals surface area contributed by atoms with Crippen molar-refractivity contribution in [3.05, 3.63) is 82.2 Å². The number of nitrogens with zero attached hydrogens (tertiary/aromatic N) is 3. The Kier molecular flexibility index (Phi) is 5.36. The Labute approximate surface area is 173 Å². The quantitative estimate of drug-likeness (QED) is 0.450. The number of aromatic nitrogens is 1. The van der Waals surface area contributed by atoms with Gasteiger partial charge >= 0.3 is 0 Å². The summed E-state index contributed by atoms with van der Waals surface area (Å²) in [4.78, 5) is 37.7. The molecule has 4 rings (SSSR count). The monoisotopic (exact) mass is 403 g/mol. The molecular formula is C23H21N3O2S. The number of benzene rings is 1. The Morgan fingerprint density at radius 3 is 2.55 bits per heavy atom.